The molecule has 1 heterocycles. The lowest BCUT2D eigenvalue weighted by Gasteiger charge is -1.91. The molecule has 2 aromatic rings. The van der Waals surface area contributed by atoms with Gasteiger partial charge in [0.1, 0.15) is 0 Å². The topological polar surface area (TPSA) is 37.3 Å². The number of hydrogen-bond donors (Lipinski definition) is 1. The maximum absolute atomic E-state index is 10.7. The monoisotopic (exact) mass is 204 g/mol. The van der Waals surface area contributed by atoms with Crippen molar-refractivity contribution in [1.29, 1.82) is 0 Å². The van der Waals surface area contributed by atoms with Crippen LogP contribution < -0.4 is 0 Å². The van der Waals surface area contributed by atoms with Gasteiger partial charge in [0.05, 0.1) is 5.57 Å². The summed E-state index contributed by atoms with van der Waals surface area (Å²) in [7, 11) is 0. The first-order valence-electron chi connectivity index (χ1n) is 4.09. The van der Waals surface area contributed by atoms with Crippen LogP contribution in [-0.4, -0.2) is 11.1 Å². The summed E-state index contributed by atoms with van der Waals surface area (Å²) < 4.78 is 1.09. The molecule has 1 N–H and O–H groups in total. The minimum Gasteiger partial charge on any atom is -0.478 e. The average molecular weight is 204 g/mol. The second-order valence-electron chi connectivity index (χ2n) is 2.93. The van der Waals surface area contributed by atoms with Gasteiger partial charge in [-0.25, -0.2) is 4.79 Å². The van der Waals surface area contributed by atoms with E-state index in [1.54, 1.807) is 0 Å². The van der Waals surface area contributed by atoms with Crippen molar-refractivity contribution in [3.63, 3.8) is 0 Å². The van der Waals surface area contributed by atoms with Gasteiger partial charge in [0.2, 0.25) is 0 Å². The maximum Gasteiger partial charge on any atom is 0.336 e. The highest BCUT2D eigenvalue weighted by molar-refractivity contribution is 7.20. The normalized spacial score (nSPS) is 10.3. The van der Waals surface area contributed by atoms with Crippen LogP contribution in [0, 0.1) is 0 Å². The molecule has 70 valence electrons. The molecule has 0 bridgehead atoms. The van der Waals surface area contributed by atoms with E-state index in [4.69, 9.17) is 5.11 Å². The van der Waals surface area contributed by atoms with Crippen molar-refractivity contribution >= 4 is 33.0 Å². The fraction of sp³-hybridized carbons (Fsp3) is 0. The van der Waals surface area contributed by atoms with E-state index in [0.29, 0.717) is 0 Å². The Morgan fingerprint density at radius 2 is 2.07 bits per heavy atom. The van der Waals surface area contributed by atoms with E-state index in [1.165, 1.54) is 11.3 Å². The average Bonchev–Trinajstić information content (AvgIpc) is 2.59. The van der Waals surface area contributed by atoms with E-state index in [-0.39, 0.29) is 5.57 Å². The molecule has 0 saturated heterocycles. The van der Waals surface area contributed by atoms with Crippen molar-refractivity contribution < 1.29 is 9.90 Å². The zero-order valence-corrected chi connectivity index (χ0v) is 8.17. The fourth-order valence-corrected chi connectivity index (χ4v) is 2.26. The first kappa shape index (κ1) is 8.97. The summed E-state index contributed by atoms with van der Waals surface area (Å²) in [4.78, 5) is 11.4. The Morgan fingerprint density at radius 1 is 1.36 bits per heavy atom. The summed E-state index contributed by atoms with van der Waals surface area (Å²) in [6, 6.07) is 9.66. The second-order valence-corrected chi connectivity index (χ2v) is 4.02. The lowest BCUT2D eigenvalue weighted by molar-refractivity contribution is -0.130. The van der Waals surface area contributed by atoms with Crippen molar-refractivity contribution in [3.8, 4) is 0 Å². The molecule has 1 aromatic heterocycles. The minimum absolute atomic E-state index is 0.159. The van der Waals surface area contributed by atoms with Gasteiger partial charge in [0, 0.05) is 9.58 Å². The summed E-state index contributed by atoms with van der Waals surface area (Å²) in [6.45, 7) is 3.53. The van der Waals surface area contributed by atoms with Gasteiger partial charge in [-0.2, -0.15) is 0 Å². The van der Waals surface area contributed by atoms with E-state index in [2.05, 4.69) is 6.58 Å². The van der Waals surface area contributed by atoms with Crippen LogP contribution in [-0.2, 0) is 4.79 Å². The van der Waals surface area contributed by atoms with E-state index in [1.807, 2.05) is 30.3 Å². The molecule has 1 aromatic carbocycles. The molecular formula is C11H8O2S. The van der Waals surface area contributed by atoms with Gasteiger partial charge in [-0.1, -0.05) is 24.8 Å². The van der Waals surface area contributed by atoms with Gasteiger partial charge in [-0.15, -0.1) is 11.3 Å². The zero-order chi connectivity index (χ0) is 10.1. The Balaban J connectivity index is 2.55. The molecule has 3 heteroatoms. The molecule has 0 radical (unpaired) electrons. The third-order valence-electron chi connectivity index (χ3n) is 1.98. The van der Waals surface area contributed by atoms with E-state index in [0.717, 1.165) is 15.0 Å². The molecule has 0 aliphatic carbocycles. The SMILES string of the molecule is C=C(C(=O)O)c1cc2ccccc2s1. The molecule has 0 saturated carbocycles. The Bertz CT molecular complexity index is 478. The predicted octanol–water partition coefficient (Wildman–Crippen LogP) is 3.00. The lowest BCUT2D eigenvalue weighted by Crippen LogP contribution is -1.94. The predicted molar refractivity (Wildman–Crippen MR) is 58.5 cm³/mol. The number of carbonyl (C=O) groups is 1. The fourth-order valence-electron chi connectivity index (χ4n) is 1.24. The first-order chi connectivity index (χ1) is 6.68. The minimum atomic E-state index is -0.962. The highest BCUT2D eigenvalue weighted by Crippen LogP contribution is 2.29. The third kappa shape index (κ3) is 1.42. The molecule has 0 atom stereocenters. The Hall–Kier alpha value is -1.61. The Labute approximate surface area is 85.1 Å². The van der Waals surface area contributed by atoms with E-state index < -0.39 is 5.97 Å². The number of aliphatic carboxylic acids is 1. The molecule has 14 heavy (non-hydrogen) atoms. The third-order valence-corrected chi connectivity index (χ3v) is 3.16. The number of rotatable bonds is 2. The number of carboxylic acids is 1. The lowest BCUT2D eigenvalue weighted by atomic mass is 10.2. The molecule has 2 nitrogen and oxygen atoms in total. The molecule has 0 unspecified atom stereocenters. The van der Waals surface area contributed by atoms with Crippen LogP contribution in [0.1, 0.15) is 4.88 Å². The molecule has 0 fully saturated rings. The smallest absolute Gasteiger partial charge is 0.336 e. The number of benzene rings is 1. The number of carboxylic acid groups (broad SMARTS) is 1. The molecule has 0 aliphatic rings. The quantitative estimate of drug-likeness (QED) is 0.763. The van der Waals surface area contributed by atoms with Crippen LogP contribution in [0.25, 0.3) is 15.7 Å². The zero-order valence-electron chi connectivity index (χ0n) is 7.36. The van der Waals surface area contributed by atoms with Gasteiger partial charge in [-0.05, 0) is 17.5 Å². The van der Waals surface area contributed by atoms with Crippen LogP contribution in [0.3, 0.4) is 0 Å². The Morgan fingerprint density at radius 3 is 2.71 bits per heavy atom. The van der Waals surface area contributed by atoms with Crippen LogP contribution >= 0.6 is 11.3 Å². The highest BCUT2D eigenvalue weighted by atomic mass is 32.1. The first-order valence-corrected chi connectivity index (χ1v) is 4.91. The summed E-state index contributed by atoms with van der Waals surface area (Å²) in [5.74, 6) is -0.962. The van der Waals surface area contributed by atoms with Gasteiger partial charge >= 0.3 is 5.97 Å². The number of thiophene rings is 1. The van der Waals surface area contributed by atoms with E-state index in [9.17, 15) is 4.79 Å². The highest BCUT2D eigenvalue weighted by Gasteiger charge is 2.10. The van der Waals surface area contributed by atoms with Crippen molar-refractivity contribution in [2.75, 3.05) is 0 Å². The number of hydrogen-bond acceptors (Lipinski definition) is 2. The van der Waals surface area contributed by atoms with E-state index >= 15 is 0 Å². The largest absolute Gasteiger partial charge is 0.478 e. The molecule has 2 rings (SSSR count). The van der Waals surface area contributed by atoms with Crippen molar-refractivity contribution in [1.82, 2.24) is 0 Å². The molecule has 0 spiro atoms. The van der Waals surface area contributed by atoms with Crippen LogP contribution in [0.2, 0.25) is 0 Å². The number of fused-ring (bicyclic) bond motifs is 1. The molecular weight excluding hydrogens is 196 g/mol. The van der Waals surface area contributed by atoms with Crippen molar-refractivity contribution in [2.45, 2.75) is 0 Å². The summed E-state index contributed by atoms with van der Waals surface area (Å²) in [6.07, 6.45) is 0. The standard InChI is InChI=1S/C11H8O2S/c1-7(11(12)13)10-6-8-4-2-3-5-9(8)14-10/h2-6H,1H2,(H,12,13). The summed E-state index contributed by atoms with van der Waals surface area (Å²) >= 11 is 1.45. The van der Waals surface area contributed by atoms with Gasteiger partial charge < -0.3 is 5.11 Å². The van der Waals surface area contributed by atoms with Crippen LogP contribution in [0.15, 0.2) is 36.9 Å². The summed E-state index contributed by atoms with van der Waals surface area (Å²) in [5.41, 5.74) is 0.159. The maximum atomic E-state index is 10.7. The molecule has 0 amide bonds. The summed E-state index contributed by atoms with van der Waals surface area (Å²) in [5, 5.41) is 9.83. The second kappa shape index (κ2) is 3.27. The molecule has 0 aliphatic heterocycles. The van der Waals surface area contributed by atoms with Crippen LogP contribution in [0.4, 0.5) is 0 Å². The Kier molecular flexibility index (Phi) is 2.09. The van der Waals surface area contributed by atoms with Gasteiger partial charge in [0.25, 0.3) is 0 Å². The van der Waals surface area contributed by atoms with Crippen molar-refractivity contribution in [2.24, 2.45) is 0 Å². The van der Waals surface area contributed by atoms with Gasteiger partial charge in [0.15, 0.2) is 0 Å². The van der Waals surface area contributed by atoms with Crippen molar-refractivity contribution in [3.05, 3.63) is 41.8 Å². The van der Waals surface area contributed by atoms with Crippen LogP contribution in [0.5, 0.6) is 0 Å². The van der Waals surface area contributed by atoms with Gasteiger partial charge in [-0.3, -0.25) is 0 Å².